The van der Waals surface area contributed by atoms with Crippen molar-refractivity contribution in [2.75, 3.05) is 0 Å². The molecule has 1 heterocycles. The van der Waals surface area contributed by atoms with Crippen LogP contribution >= 0.6 is 11.3 Å². The van der Waals surface area contributed by atoms with E-state index in [9.17, 15) is 4.79 Å². The van der Waals surface area contributed by atoms with Gasteiger partial charge in [0.15, 0.2) is 4.80 Å². The molecule has 4 heteroatoms. The van der Waals surface area contributed by atoms with E-state index in [1.54, 1.807) is 0 Å². The summed E-state index contributed by atoms with van der Waals surface area (Å²) in [5.74, 6) is 3.00. The van der Waals surface area contributed by atoms with Crippen molar-refractivity contribution in [3.8, 4) is 12.3 Å². The molecule has 0 unspecified atom stereocenters. The molecular weight excluding hydrogens is 352 g/mol. The van der Waals surface area contributed by atoms with Crippen molar-refractivity contribution in [2.24, 2.45) is 4.99 Å². The Morgan fingerprint density at radius 3 is 2.56 bits per heavy atom. The van der Waals surface area contributed by atoms with Crippen molar-refractivity contribution >= 4 is 27.5 Å². The van der Waals surface area contributed by atoms with E-state index in [2.05, 4.69) is 62.9 Å². The number of aromatic nitrogens is 1. The van der Waals surface area contributed by atoms with Gasteiger partial charge < -0.3 is 4.57 Å². The second-order valence-electron chi connectivity index (χ2n) is 7.18. The lowest BCUT2D eigenvalue weighted by Crippen LogP contribution is -2.17. The quantitative estimate of drug-likeness (QED) is 0.605. The molecule has 3 rings (SSSR count). The van der Waals surface area contributed by atoms with Crippen LogP contribution < -0.4 is 4.80 Å². The molecule has 1 aromatic heterocycles. The van der Waals surface area contributed by atoms with Gasteiger partial charge in [-0.2, -0.15) is 4.99 Å². The van der Waals surface area contributed by atoms with Crippen LogP contribution in [0.5, 0.6) is 0 Å². The first-order valence-corrected chi connectivity index (χ1v) is 9.91. The zero-order valence-electron chi connectivity index (χ0n) is 16.2. The van der Waals surface area contributed by atoms with Gasteiger partial charge in [0.2, 0.25) is 0 Å². The van der Waals surface area contributed by atoms with Crippen LogP contribution in [0.2, 0.25) is 0 Å². The van der Waals surface area contributed by atoms with Crippen molar-refractivity contribution in [1.82, 2.24) is 4.57 Å². The molecule has 0 saturated carbocycles. The van der Waals surface area contributed by atoms with Gasteiger partial charge in [0.05, 0.1) is 23.2 Å². The number of hydrogen-bond acceptors (Lipinski definition) is 2. The van der Waals surface area contributed by atoms with Gasteiger partial charge in [-0.3, -0.25) is 4.79 Å². The number of carbonyl (C=O) groups is 1. The average Bonchev–Trinajstić information content (AvgIpc) is 2.93. The minimum absolute atomic E-state index is 0.154. The maximum absolute atomic E-state index is 12.6. The van der Waals surface area contributed by atoms with E-state index in [1.807, 2.05) is 16.7 Å². The van der Waals surface area contributed by atoms with Crippen LogP contribution in [0.15, 0.2) is 41.4 Å². The number of terminal acetylenes is 1. The summed E-state index contributed by atoms with van der Waals surface area (Å²) in [6.07, 6.45) is 5.85. The molecule has 0 N–H and O–H groups in total. The van der Waals surface area contributed by atoms with Crippen molar-refractivity contribution in [3.63, 3.8) is 0 Å². The van der Waals surface area contributed by atoms with Crippen LogP contribution in [0, 0.1) is 26.2 Å². The number of rotatable bonds is 4. The third-order valence-electron chi connectivity index (χ3n) is 4.59. The fourth-order valence-corrected chi connectivity index (χ4v) is 4.28. The molecule has 0 atom stereocenters. The Bertz CT molecular complexity index is 1090. The zero-order chi connectivity index (χ0) is 19.6. The summed E-state index contributed by atoms with van der Waals surface area (Å²) in [5, 5.41) is 0. The number of aryl methyl sites for hydroxylation is 2. The molecular formula is C23H24N2OS. The molecule has 0 aliphatic heterocycles. The van der Waals surface area contributed by atoms with Crippen LogP contribution in [0.25, 0.3) is 10.2 Å². The first kappa shape index (κ1) is 19.1. The van der Waals surface area contributed by atoms with E-state index in [4.69, 9.17) is 6.42 Å². The summed E-state index contributed by atoms with van der Waals surface area (Å²) in [5.41, 5.74) is 5.64. The van der Waals surface area contributed by atoms with Crippen LogP contribution in [0.4, 0.5) is 0 Å². The molecule has 0 aliphatic carbocycles. The van der Waals surface area contributed by atoms with Crippen LogP contribution in [-0.4, -0.2) is 10.5 Å². The summed E-state index contributed by atoms with van der Waals surface area (Å²) in [6.45, 7) is 8.86. The minimum atomic E-state index is -0.154. The van der Waals surface area contributed by atoms with Gasteiger partial charge >= 0.3 is 0 Å². The Hall–Kier alpha value is -2.64. The Morgan fingerprint density at radius 1 is 1.22 bits per heavy atom. The third kappa shape index (κ3) is 4.20. The fourth-order valence-electron chi connectivity index (χ4n) is 3.18. The smallest absolute Gasteiger partial charge is 0.252 e. The summed E-state index contributed by atoms with van der Waals surface area (Å²) in [4.78, 5) is 17.6. The van der Waals surface area contributed by atoms with Crippen molar-refractivity contribution in [1.29, 1.82) is 0 Å². The van der Waals surface area contributed by atoms with Gasteiger partial charge in [-0.15, -0.1) is 6.42 Å². The molecule has 0 bridgehead atoms. The van der Waals surface area contributed by atoms with E-state index >= 15 is 0 Å². The lowest BCUT2D eigenvalue weighted by atomic mass is 10.0. The lowest BCUT2D eigenvalue weighted by Gasteiger charge is -2.05. The van der Waals surface area contributed by atoms with E-state index < -0.39 is 0 Å². The number of hydrogen-bond donors (Lipinski definition) is 0. The monoisotopic (exact) mass is 376 g/mol. The van der Waals surface area contributed by atoms with Gasteiger partial charge in [0, 0.05) is 0 Å². The summed E-state index contributed by atoms with van der Waals surface area (Å²) in [7, 11) is 0. The van der Waals surface area contributed by atoms with Crippen LogP contribution in [-0.2, 0) is 17.8 Å². The number of carbonyl (C=O) groups excluding carboxylic acids is 1. The normalized spacial score (nSPS) is 11.9. The molecule has 0 aliphatic rings. The Labute approximate surface area is 164 Å². The topological polar surface area (TPSA) is 34.4 Å². The van der Waals surface area contributed by atoms with Crippen molar-refractivity contribution in [2.45, 2.75) is 46.6 Å². The first-order valence-electron chi connectivity index (χ1n) is 9.09. The molecule has 27 heavy (non-hydrogen) atoms. The van der Waals surface area contributed by atoms with Gasteiger partial charge in [0.1, 0.15) is 0 Å². The molecule has 0 spiro atoms. The molecule has 2 aromatic carbocycles. The molecule has 0 radical (unpaired) electrons. The van der Waals surface area contributed by atoms with Crippen LogP contribution in [0.1, 0.15) is 42.0 Å². The summed E-state index contributed by atoms with van der Waals surface area (Å²) in [6, 6.07) is 12.4. The van der Waals surface area contributed by atoms with Gasteiger partial charge in [-0.05, 0) is 48.1 Å². The molecule has 0 saturated heterocycles. The number of fused-ring (bicyclic) bond motifs is 1. The highest BCUT2D eigenvalue weighted by Crippen LogP contribution is 2.23. The van der Waals surface area contributed by atoms with Gasteiger partial charge in [-0.25, -0.2) is 0 Å². The number of benzene rings is 2. The largest absolute Gasteiger partial charge is 0.305 e. The molecule has 1 amide bonds. The Kier molecular flexibility index (Phi) is 5.62. The number of thiazole rings is 1. The second-order valence-corrected chi connectivity index (χ2v) is 8.16. The highest BCUT2D eigenvalue weighted by molar-refractivity contribution is 7.16. The third-order valence-corrected chi connectivity index (χ3v) is 5.82. The highest BCUT2D eigenvalue weighted by Gasteiger charge is 2.10. The van der Waals surface area contributed by atoms with Crippen LogP contribution in [0.3, 0.4) is 0 Å². The molecule has 3 aromatic rings. The maximum Gasteiger partial charge on any atom is 0.252 e. The van der Waals surface area contributed by atoms with E-state index in [-0.39, 0.29) is 5.91 Å². The lowest BCUT2D eigenvalue weighted by molar-refractivity contribution is -0.117. The summed E-state index contributed by atoms with van der Waals surface area (Å²) >= 11 is 1.52. The molecule has 3 nitrogen and oxygen atoms in total. The predicted molar refractivity (Wildman–Crippen MR) is 113 cm³/mol. The Morgan fingerprint density at radius 2 is 1.93 bits per heavy atom. The number of amides is 1. The van der Waals surface area contributed by atoms with Crippen molar-refractivity contribution < 1.29 is 4.79 Å². The SMILES string of the molecule is C#CCn1c(=NC(=O)Cc2ccc(C(C)C)cc2)sc2c(C)cc(C)cc21. The second kappa shape index (κ2) is 7.94. The zero-order valence-corrected chi connectivity index (χ0v) is 17.1. The van der Waals surface area contributed by atoms with Crippen molar-refractivity contribution in [3.05, 3.63) is 63.5 Å². The minimum Gasteiger partial charge on any atom is -0.305 e. The summed E-state index contributed by atoms with van der Waals surface area (Å²) < 4.78 is 3.09. The fraction of sp³-hybridized carbons (Fsp3) is 0.304. The highest BCUT2D eigenvalue weighted by atomic mass is 32.1. The number of nitrogens with zero attached hydrogens (tertiary/aromatic N) is 2. The van der Waals surface area contributed by atoms with E-state index in [0.29, 0.717) is 23.7 Å². The van der Waals surface area contributed by atoms with Gasteiger partial charge in [-0.1, -0.05) is 61.4 Å². The average molecular weight is 377 g/mol. The van der Waals surface area contributed by atoms with E-state index in [1.165, 1.54) is 28.0 Å². The van der Waals surface area contributed by atoms with E-state index in [0.717, 1.165) is 15.8 Å². The predicted octanol–water partition coefficient (Wildman–Crippen LogP) is 4.75. The Balaban J connectivity index is 1.97. The first-order chi connectivity index (χ1) is 12.9. The molecule has 0 fully saturated rings. The molecule has 138 valence electrons. The standard InChI is InChI=1S/C23H24N2OS/c1-6-11-25-20-13-16(4)12-17(5)22(20)27-23(25)24-21(26)14-18-7-9-19(10-8-18)15(2)3/h1,7-10,12-13,15H,11,14H2,2-5H3. The maximum atomic E-state index is 12.6. The van der Waals surface area contributed by atoms with Gasteiger partial charge in [0.25, 0.3) is 5.91 Å².